The number of nitrogen functional groups attached to an aromatic ring is 1. The summed E-state index contributed by atoms with van der Waals surface area (Å²) in [6, 6.07) is -0.737. The van der Waals surface area contributed by atoms with Crippen LogP contribution < -0.4 is 5.73 Å². The van der Waals surface area contributed by atoms with Gasteiger partial charge in [0, 0.05) is 6.20 Å². The van der Waals surface area contributed by atoms with Crippen LogP contribution >= 0.6 is 0 Å². The molecule has 2 fully saturated rings. The van der Waals surface area contributed by atoms with Crippen LogP contribution in [0.3, 0.4) is 0 Å². The minimum absolute atomic E-state index is 0.00101. The molecule has 0 aromatic carbocycles. The number of aliphatic hydroxyl groups is 3. The van der Waals surface area contributed by atoms with E-state index in [0.717, 1.165) is 6.20 Å². The second-order valence-electron chi connectivity index (χ2n) is 5.96. The molecule has 2 aliphatic rings. The molecule has 5 unspecified atom stereocenters. The highest BCUT2D eigenvalue weighted by Crippen LogP contribution is 2.67. The van der Waals surface area contributed by atoms with E-state index in [9.17, 15) is 19.7 Å². The lowest BCUT2D eigenvalue weighted by Crippen LogP contribution is -2.39. The Kier molecular flexibility index (Phi) is 2.47. The summed E-state index contributed by atoms with van der Waals surface area (Å²) in [5, 5.41) is 30.2. The Bertz CT molecular complexity index is 783. The number of hydrogen-bond acceptors (Lipinski definition) is 7. The molecule has 5 N–H and O–H groups in total. The Morgan fingerprint density at radius 3 is 2.82 bits per heavy atom. The van der Waals surface area contributed by atoms with Crippen LogP contribution in [0.25, 0.3) is 11.0 Å². The predicted molar refractivity (Wildman–Crippen MR) is 72.3 cm³/mol. The summed E-state index contributed by atoms with van der Waals surface area (Å²) >= 11 is 0. The van der Waals surface area contributed by atoms with Crippen LogP contribution in [-0.2, 0) is 4.74 Å². The van der Waals surface area contributed by atoms with Crippen LogP contribution in [0.4, 0.5) is 10.2 Å². The molecule has 22 heavy (non-hydrogen) atoms. The number of aliphatic hydroxyl groups excluding tert-OH is 2. The Morgan fingerprint density at radius 2 is 2.23 bits per heavy atom. The topological polar surface area (TPSA) is 127 Å². The zero-order valence-corrected chi connectivity index (χ0v) is 11.6. The fourth-order valence-corrected chi connectivity index (χ4v) is 3.73. The molecule has 9 heteroatoms. The smallest absolute Gasteiger partial charge is 0.154 e. The summed E-state index contributed by atoms with van der Waals surface area (Å²) in [5.74, 6) is -0.614. The third-order valence-electron chi connectivity index (χ3n) is 4.90. The highest BCUT2D eigenvalue weighted by molar-refractivity contribution is 5.87. The van der Waals surface area contributed by atoms with Gasteiger partial charge in [-0.1, -0.05) is 0 Å². The van der Waals surface area contributed by atoms with Gasteiger partial charge in [0.15, 0.2) is 5.82 Å². The number of anilines is 1. The Morgan fingerprint density at radius 1 is 1.50 bits per heavy atom. The summed E-state index contributed by atoms with van der Waals surface area (Å²) in [4.78, 5) is 7.76. The van der Waals surface area contributed by atoms with Crippen molar-refractivity contribution >= 4 is 16.9 Å². The van der Waals surface area contributed by atoms with Gasteiger partial charge in [0.25, 0.3) is 0 Å². The number of hydrogen-bond donors (Lipinski definition) is 4. The van der Waals surface area contributed by atoms with Crippen molar-refractivity contribution in [2.45, 2.75) is 36.4 Å². The largest absolute Gasteiger partial charge is 0.394 e. The summed E-state index contributed by atoms with van der Waals surface area (Å²) in [7, 11) is 0. The minimum Gasteiger partial charge on any atom is -0.394 e. The zero-order valence-electron chi connectivity index (χ0n) is 11.6. The average Bonchev–Trinajstić information content (AvgIpc) is 2.71. The first-order valence-corrected chi connectivity index (χ1v) is 6.82. The molecule has 118 valence electrons. The third-order valence-corrected chi connectivity index (χ3v) is 4.90. The van der Waals surface area contributed by atoms with Crippen molar-refractivity contribution in [2.75, 3.05) is 12.3 Å². The molecule has 3 heterocycles. The number of nitrogens with zero attached hydrogens (tertiary/aromatic N) is 3. The number of aromatic nitrogens is 3. The van der Waals surface area contributed by atoms with Crippen LogP contribution in [0.1, 0.15) is 13.0 Å². The van der Waals surface area contributed by atoms with Crippen LogP contribution in [-0.4, -0.2) is 59.9 Å². The maximum absolute atomic E-state index is 14.1. The Balaban J connectivity index is 1.85. The first-order valence-electron chi connectivity index (χ1n) is 6.82. The lowest BCUT2D eigenvalue weighted by atomic mass is 10.1. The summed E-state index contributed by atoms with van der Waals surface area (Å²) in [6.07, 6.45) is 0.197. The standard InChI is InChI=1S/C13H15FN4O4/c1-12-11(13(12,21)8(20)6(3-19)22-12)18-2-5(14)7-9(15)16-4-17-10(7)18/h2,4,6,8,11,19-21H,3H2,1H3,(H2,15,16,17). The Hall–Kier alpha value is -1.81. The number of fused-ring (bicyclic) bond motifs is 2. The summed E-state index contributed by atoms with van der Waals surface area (Å²) < 4.78 is 21.1. The fraction of sp³-hybridized carbons (Fsp3) is 0.538. The molecule has 5 atom stereocenters. The number of ether oxygens (including phenoxy) is 1. The van der Waals surface area contributed by atoms with Crippen molar-refractivity contribution in [3.8, 4) is 0 Å². The molecule has 1 saturated carbocycles. The van der Waals surface area contributed by atoms with Crippen molar-refractivity contribution in [3.05, 3.63) is 18.3 Å². The van der Waals surface area contributed by atoms with E-state index >= 15 is 0 Å². The summed E-state index contributed by atoms with van der Waals surface area (Å²) in [6.45, 7) is 1.19. The third kappa shape index (κ3) is 1.30. The van der Waals surface area contributed by atoms with Gasteiger partial charge in [-0.2, -0.15) is 0 Å². The molecule has 1 aliphatic carbocycles. The van der Waals surface area contributed by atoms with Gasteiger partial charge < -0.3 is 30.4 Å². The van der Waals surface area contributed by atoms with E-state index in [2.05, 4.69) is 9.97 Å². The maximum Gasteiger partial charge on any atom is 0.154 e. The van der Waals surface area contributed by atoms with E-state index < -0.39 is 41.9 Å². The molecular weight excluding hydrogens is 295 g/mol. The summed E-state index contributed by atoms with van der Waals surface area (Å²) in [5.41, 5.74) is 3.11. The zero-order chi connectivity index (χ0) is 15.9. The monoisotopic (exact) mass is 310 g/mol. The molecule has 4 rings (SSSR count). The second kappa shape index (κ2) is 3.93. The normalized spacial score (nSPS) is 40.1. The van der Waals surface area contributed by atoms with Crippen molar-refractivity contribution < 1.29 is 24.4 Å². The van der Waals surface area contributed by atoms with Gasteiger partial charge in [-0.25, -0.2) is 14.4 Å². The van der Waals surface area contributed by atoms with E-state index in [1.54, 1.807) is 6.92 Å². The van der Waals surface area contributed by atoms with E-state index in [1.165, 1.54) is 10.9 Å². The quantitative estimate of drug-likeness (QED) is 0.557. The Labute approximate surface area is 124 Å². The molecule has 0 amide bonds. The molecule has 1 aliphatic heterocycles. The first kappa shape index (κ1) is 13.8. The van der Waals surface area contributed by atoms with E-state index in [1.807, 2.05) is 0 Å². The number of rotatable bonds is 2. The van der Waals surface area contributed by atoms with E-state index in [4.69, 9.17) is 10.5 Å². The molecular formula is C13H15FN4O4. The fourth-order valence-electron chi connectivity index (χ4n) is 3.73. The molecule has 8 nitrogen and oxygen atoms in total. The number of nitrogens with two attached hydrogens (primary N) is 1. The average molecular weight is 310 g/mol. The van der Waals surface area contributed by atoms with Crippen LogP contribution in [0.15, 0.2) is 12.5 Å². The van der Waals surface area contributed by atoms with Gasteiger partial charge in [0.1, 0.15) is 47.2 Å². The van der Waals surface area contributed by atoms with Crippen LogP contribution in [0.5, 0.6) is 0 Å². The van der Waals surface area contributed by atoms with Crippen molar-refractivity contribution in [1.29, 1.82) is 0 Å². The van der Waals surface area contributed by atoms with Gasteiger partial charge in [-0.15, -0.1) is 0 Å². The molecule has 2 aromatic rings. The molecule has 0 bridgehead atoms. The van der Waals surface area contributed by atoms with Gasteiger partial charge in [-0.05, 0) is 6.92 Å². The van der Waals surface area contributed by atoms with Gasteiger partial charge in [0.2, 0.25) is 0 Å². The molecule has 2 aromatic heterocycles. The highest BCUT2D eigenvalue weighted by Gasteiger charge is 2.85. The van der Waals surface area contributed by atoms with Gasteiger partial charge in [0.05, 0.1) is 12.0 Å². The lowest BCUT2D eigenvalue weighted by molar-refractivity contribution is -0.0726. The van der Waals surface area contributed by atoms with Crippen molar-refractivity contribution in [1.82, 2.24) is 14.5 Å². The molecule has 0 radical (unpaired) electrons. The maximum atomic E-state index is 14.1. The second-order valence-corrected chi connectivity index (χ2v) is 5.96. The van der Waals surface area contributed by atoms with Crippen molar-refractivity contribution in [2.24, 2.45) is 0 Å². The number of halogens is 1. The molecule has 1 saturated heterocycles. The van der Waals surface area contributed by atoms with Crippen LogP contribution in [0, 0.1) is 5.82 Å². The molecule has 0 spiro atoms. The lowest BCUT2D eigenvalue weighted by Gasteiger charge is -2.22. The minimum atomic E-state index is -1.63. The van der Waals surface area contributed by atoms with Crippen molar-refractivity contribution in [3.63, 3.8) is 0 Å². The van der Waals surface area contributed by atoms with Crippen LogP contribution in [0.2, 0.25) is 0 Å². The SMILES string of the molecule is CC12OC(CO)C(O)C1(O)C2n1cc(F)c2c(N)ncnc21. The van der Waals surface area contributed by atoms with Gasteiger partial charge in [-0.3, -0.25) is 0 Å². The van der Waals surface area contributed by atoms with E-state index in [0.29, 0.717) is 0 Å². The first-order chi connectivity index (χ1) is 10.4. The van der Waals surface area contributed by atoms with E-state index in [-0.39, 0.29) is 16.9 Å². The van der Waals surface area contributed by atoms with Gasteiger partial charge >= 0.3 is 0 Å². The predicted octanol–water partition coefficient (Wildman–Crippen LogP) is -1.05. The highest BCUT2D eigenvalue weighted by atomic mass is 19.1.